The van der Waals surface area contributed by atoms with Crippen LogP contribution in [0.4, 0.5) is 0 Å². The first kappa shape index (κ1) is 13.3. The third kappa shape index (κ3) is 3.43. The topological polar surface area (TPSA) is 32.7 Å². The van der Waals surface area contributed by atoms with Crippen LogP contribution in [0.5, 0.6) is 0 Å². The lowest BCUT2D eigenvalue weighted by atomic mass is 9.73. The van der Waals surface area contributed by atoms with Crippen molar-refractivity contribution in [2.24, 2.45) is 5.41 Å². The van der Waals surface area contributed by atoms with Crippen molar-refractivity contribution in [1.29, 1.82) is 0 Å². The van der Waals surface area contributed by atoms with Crippen LogP contribution in [0, 0.1) is 5.41 Å². The van der Waals surface area contributed by atoms with E-state index >= 15 is 0 Å². The molecule has 3 heteroatoms. The molecule has 1 saturated heterocycles. The van der Waals surface area contributed by atoms with E-state index in [4.69, 9.17) is 4.74 Å². The fourth-order valence-electron chi connectivity index (χ4n) is 3.24. The Morgan fingerprint density at radius 3 is 2.88 bits per heavy atom. The highest BCUT2D eigenvalue weighted by Crippen LogP contribution is 2.37. The molecule has 2 fully saturated rings. The minimum Gasteiger partial charge on any atom is -0.391 e. The molecule has 0 spiro atoms. The van der Waals surface area contributed by atoms with Crippen LogP contribution in [-0.4, -0.2) is 48.0 Å². The summed E-state index contributed by atoms with van der Waals surface area (Å²) in [4.78, 5) is 2.46. The average molecular weight is 241 g/mol. The highest BCUT2D eigenvalue weighted by Gasteiger charge is 2.37. The Bertz CT molecular complexity index is 255. The van der Waals surface area contributed by atoms with E-state index in [9.17, 15) is 5.11 Å². The number of aliphatic hydroxyl groups excluding tert-OH is 1. The van der Waals surface area contributed by atoms with Crippen LogP contribution in [0.2, 0.25) is 0 Å². The summed E-state index contributed by atoms with van der Waals surface area (Å²) in [7, 11) is 0. The van der Waals surface area contributed by atoms with Gasteiger partial charge in [0, 0.05) is 25.7 Å². The lowest BCUT2D eigenvalue weighted by molar-refractivity contribution is -0.0256. The third-order valence-electron chi connectivity index (χ3n) is 4.28. The first-order valence-corrected chi connectivity index (χ1v) is 7.02. The Morgan fingerprint density at radius 1 is 1.35 bits per heavy atom. The van der Waals surface area contributed by atoms with Gasteiger partial charge in [-0.2, -0.15) is 0 Å². The zero-order valence-corrected chi connectivity index (χ0v) is 11.5. The highest BCUT2D eigenvalue weighted by molar-refractivity contribution is 4.91. The number of hydrogen-bond donors (Lipinski definition) is 1. The van der Waals surface area contributed by atoms with E-state index in [-0.39, 0.29) is 6.10 Å². The fourth-order valence-corrected chi connectivity index (χ4v) is 3.24. The summed E-state index contributed by atoms with van der Waals surface area (Å²) in [6.07, 6.45) is 4.45. The minimum atomic E-state index is -0.145. The van der Waals surface area contributed by atoms with Gasteiger partial charge in [-0.05, 0) is 38.0 Å². The summed E-state index contributed by atoms with van der Waals surface area (Å²) in [5.41, 5.74) is 0.375. The Morgan fingerprint density at radius 2 is 2.12 bits per heavy atom. The first-order valence-electron chi connectivity index (χ1n) is 7.02. The van der Waals surface area contributed by atoms with Gasteiger partial charge < -0.3 is 9.84 Å². The van der Waals surface area contributed by atoms with Gasteiger partial charge in [-0.15, -0.1) is 0 Å². The Hall–Kier alpha value is -0.120. The number of hydrogen-bond acceptors (Lipinski definition) is 3. The molecule has 0 aromatic rings. The van der Waals surface area contributed by atoms with Crippen LogP contribution >= 0.6 is 0 Å². The molecule has 0 bridgehead atoms. The van der Waals surface area contributed by atoms with E-state index in [1.165, 1.54) is 0 Å². The van der Waals surface area contributed by atoms with Crippen molar-refractivity contribution in [2.45, 2.75) is 64.7 Å². The third-order valence-corrected chi connectivity index (χ3v) is 4.28. The molecular weight excluding hydrogens is 214 g/mol. The van der Waals surface area contributed by atoms with Crippen LogP contribution in [0.1, 0.15) is 46.5 Å². The van der Waals surface area contributed by atoms with Crippen LogP contribution < -0.4 is 0 Å². The van der Waals surface area contributed by atoms with E-state index in [2.05, 4.69) is 25.7 Å². The summed E-state index contributed by atoms with van der Waals surface area (Å²) in [6.45, 7) is 9.69. The second-order valence-corrected chi connectivity index (χ2v) is 6.57. The van der Waals surface area contributed by atoms with Gasteiger partial charge in [0.1, 0.15) is 0 Å². The quantitative estimate of drug-likeness (QED) is 0.762. The molecule has 1 N–H and O–H groups in total. The molecule has 3 atom stereocenters. The van der Waals surface area contributed by atoms with Crippen molar-refractivity contribution < 1.29 is 9.84 Å². The number of nitrogens with zero attached hydrogens (tertiary/aromatic N) is 1. The molecule has 3 unspecified atom stereocenters. The van der Waals surface area contributed by atoms with Gasteiger partial charge in [0.05, 0.1) is 12.2 Å². The van der Waals surface area contributed by atoms with E-state index in [1.807, 2.05) is 0 Å². The van der Waals surface area contributed by atoms with Gasteiger partial charge in [-0.1, -0.05) is 13.8 Å². The zero-order valence-electron chi connectivity index (χ0n) is 11.5. The van der Waals surface area contributed by atoms with Gasteiger partial charge in [0.25, 0.3) is 0 Å². The van der Waals surface area contributed by atoms with Gasteiger partial charge in [-0.3, -0.25) is 4.90 Å². The number of ether oxygens (including phenoxy) is 1. The predicted octanol–water partition coefficient (Wildman–Crippen LogP) is 2.04. The monoisotopic (exact) mass is 241 g/mol. The summed E-state index contributed by atoms with van der Waals surface area (Å²) >= 11 is 0. The lowest BCUT2D eigenvalue weighted by Gasteiger charge is -2.44. The van der Waals surface area contributed by atoms with Gasteiger partial charge in [0.2, 0.25) is 0 Å². The van der Waals surface area contributed by atoms with E-state index < -0.39 is 0 Å². The van der Waals surface area contributed by atoms with Crippen molar-refractivity contribution in [1.82, 2.24) is 4.90 Å². The van der Waals surface area contributed by atoms with Crippen molar-refractivity contribution in [2.75, 3.05) is 19.7 Å². The van der Waals surface area contributed by atoms with E-state index in [0.29, 0.717) is 17.6 Å². The van der Waals surface area contributed by atoms with Crippen LogP contribution in [0.25, 0.3) is 0 Å². The number of rotatable bonds is 1. The summed E-state index contributed by atoms with van der Waals surface area (Å²) in [5, 5.41) is 10.2. The molecular formula is C14H27NO2. The molecule has 0 aromatic heterocycles. The SMILES string of the molecule is CC1CN(C2CC(C)(C)CCC2O)CCCO1. The summed E-state index contributed by atoms with van der Waals surface area (Å²) in [5.74, 6) is 0. The molecule has 0 amide bonds. The molecule has 100 valence electrons. The predicted molar refractivity (Wildman–Crippen MR) is 69.0 cm³/mol. The molecule has 2 rings (SSSR count). The average Bonchev–Trinajstić information content (AvgIpc) is 2.47. The molecule has 1 aliphatic carbocycles. The lowest BCUT2D eigenvalue weighted by Crippen LogP contribution is -2.50. The maximum atomic E-state index is 10.2. The van der Waals surface area contributed by atoms with Crippen LogP contribution in [-0.2, 0) is 4.74 Å². The molecule has 0 radical (unpaired) electrons. The van der Waals surface area contributed by atoms with E-state index in [1.54, 1.807) is 0 Å². The highest BCUT2D eigenvalue weighted by atomic mass is 16.5. The van der Waals surface area contributed by atoms with Gasteiger partial charge >= 0.3 is 0 Å². The molecule has 3 nitrogen and oxygen atoms in total. The smallest absolute Gasteiger partial charge is 0.0695 e. The second kappa shape index (κ2) is 5.25. The van der Waals surface area contributed by atoms with Crippen molar-refractivity contribution in [3.05, 3.63) is 0 Å². The largest absolute Gasteiger partial charge is 0.391 e. The maximum absolute atomic E-state index is 10.2. The zero-order chi connectivity index (χ0) is 12.5. The van der Waals surface area contributed by atoms with Crippen molar-refractivity contribution >= 4 is 0 Å². The van der Waals surface area contributed by atoms with Gasteiger partial charge in [-0.25, -0.2) is 0 Å². The Labute approximate surface area is 105 Å². The summed E-state index contributed by atoms with van der Waals surface area (Å²) in [6, 6.07) is 0.336. The molecule has 1 aliphatic heterocycles. The summed E-state index contributed by atoms with van der Waals surface area (Å²) < 4.78 is 5.69. The fraction of sp³-hybridized carbons (Fsp3) is 1.00. The Balaban J connectivity index is 2.02. The first-order chi connectivity index (χ1) is 7.98. The maximum Gasteiger partial charge on any atom is 0.0695 e. The second-order valence-electron chi connectivity index (χ2n) is 6.57. The van der Waals surface area contributed by atoms with Crippen LogP contribution in [0.15, 0.2) is 0 Å². The van der Waals surface area contributed by atoms with Crippen LogP contribution in [0.3, 0.4) is 0 Å². The van der Waals surface area contributed by atoms with Crippen molar-refractivity contribution in [3.63, 3.8) is 0 Å². The standard InChI is InChI=1S/C14H27NO2/c1-11-10-15(7-4-8-17-11)12-9-14(2,3)6-5-13(12)16/h11-13,16H,4-10H2,1-3H3. The normalized spacial score (nSPS) is 39.9. The Kier molecular flexibility index (Phi) is 4.11. The van der Waals surface area contributed by atoms with Gasteiger partial charge in [0.15, 0.2) is 0 Å². The molecule has 1 saturated carbocycles. The van der Waals surface area contributed by atoms with E-state index in [0.717, 1.165) is 45.4 Å². The number of aliphatic hydroxyl groups is 1. The molecule has 17 heavy (non-hydrogen) atoms. The molecule has 0 aromatic carbocycles. The minimum absolute atomic E-state index is 0.145. The molecule has 2 aliphatic rings. The van der Waals surface area contributed by atoms with Crippen molar-refractivity contribution in [3.8, 4) is 0 Å². The molecule has 1 heterocycles.